The van der Waals surface area contributed by atoms with Crippen LogP contribution in [0.25, 0.3) is 0 Å². The van der Waals surface area contributed by atoms with E-state index in [1.165, 1.54) is 42.5 Å². The summed E-state index contributed by atoms with van der Waals surface area (Å²) in [5.41, 5.74) is -0.165. The number of benzene rings is 2. The fraction of sp³-hybridized carbons (Fsp3) is 0. The third-order valence-corrected chi connectivity index (χ3v) is 4.13. The van der Waals surface area contributed by atoms with Gasteiger partial charge in [-0.2, -0.15) is 0 Å². The number of carboxylic acid groups (broad SMARTS) is 2. The second-order valence-electron chi connectivity index (χ2n) is 4.32. The molecule has 0 aliphatic heterocycles. The van der Waals surface area contributed by atoms with Gasteiger partial charge in [-0.1, -0.05) is 12.1 Å². The molecule has 0 saturated carbocycles. The maximum atomic E-state index is 12.2. The highest BCUT2D eigenvalue weighted by atomic mass is 32.2. The highest BCUT2D eigenvalue weighted by molar-refractivity contribution is 7.92. The molecule has 0 atom stereocenters. The van der Waals surface area contributed by atoms with Crippen molar-refractivity contribution in [3.8, 4) is 0 Å². The Bertz CT molecular complexity index is 844. The molecule has 0 bridgehead atoms. The second kappa shape index (κ2) is 5.86. The number of sulfonamides is 1. The Kier molecular flexibility index (Phi) is 4.13. The van der Waals surface area contributed by atoms with E-state index in [2.05, 4.69) is 4.72 Å². The van der Waals surface area contributed by atoms with Crippen molar-refractivity contribution in [1.82, 2.24) is 0 Å². The van der Waals surface area contributed by atoms with Crippen LogP contribution >= 0.6 is 0 Å². The van der Waals surface area contributed by atoms with Gasteiger partial charge in [0.1, 0.15) is 0 Å². The Balaban J connectivity index is 2.35. The lowest BCUT2D eigenvalue weighted by molar-refractivity contribution is 0.0686. The van der Waals surface area contributed by atoms with Gasteiger partial charge >= 0.3 is 11.9 Å². The molecule has 0 aromatic heterocycles. The number of carbonyl (C=O) groups is 2. The van der Waals surface area contributed by atoms with Gasteiger partial charge in [0.25, 0.3) is 10.0 Å². The van der Waals surface area contributed by atoms with Crippen LogP contribution in [0, 0.1) is 0 Å². The summed E-state index contributed by atoms with van der Waals surface area (Å²) >= 11 is 0. The smallest absolute Gasteiger partial charge is 0.335 e. The van der Waals surface area contributed by atoms with Crippen molar-refractivity contribution >= 4 is 27.6 Å². The van der Waals surface area contributed by atoms with Gasteiger partial charge in [0.2, 0.25) is 0 Å². The standard InChI is InChI=1S/C14H11NO6S/c16-13(17)9-3-1-5-11(7-9)15-22(20,21)12-6-2-4-10(8-12)14(18)19/h1-8,15H,(H,16,17)(H,18,19). The van der Waals surface area contributed by atoms with Gasteiger partial charge in [-0.05, 0) is 36.4 Å². The van der Waals surface area contributed by atoms with Gasteiger partial charge in [0.05, 0.1) is 16.0 Å². The highest BCUT2D eigenvalue weighted by Gasteiger charge is 2.17. The lowest BCUT2D eigenvalue weighted by atomic mass is 10.2. The molecule has 0 amide bonds. The van der Waals surface area contributed by atoms with E-state index in [0.29, 0.717) is 0 Å². The first-order valence-electron chi connectivity index (χ1n) is 5.99. The van der Waals surface area contributed by atoms with Crippen LogP contribution in [-0.4, -0.2) is 30.6 Å². The fourth-order valence-corrected chi connectivity index (χ4v) is 2.82. The third-order valence-electron chi connectivity index (χ3n) is 2.75. The van der Waals surface area contributed by atoms with Crippen molar-refractivity contribution in [3.05, 3.63) is 59.7 Å². The molecular weight excluding hydrogens is 310 g/mol. The Morgan fingerprint density at radius 3 is 2.00 bits per heavy atom. The monoisotopic (exact) mass is 321 g/mol. The van der Waals surface area contributed by atoms with Gasteiger partial charge in [-0.25, -0.2) is 18.0 Å². The van der Waals surface area contributed by atoms with Gasteiger partial charge in [-0.15, -0.1) is 0 Å². The zero-order chi connectivity index (χ0) is 16.3. The summed E-state index contributed by atoms with van der Waals surface area (Å²) in [6.45, 7) is 0. The summed E-state index contributed by atoms with van der Waals surface area (Å²) in [7, 11) is -4.02. The van der Waals surface area contributed by atoms with Crippen molar-refractivity contribution in [2.75, 3.05) is 4.72 Å². The minimum absolute atomic E-state index is 0.0699. The first-order chi connectivity index (χ1) is 10.3. The van der Waals surface area contributed by atoms with Crippen molar-refractivity contribution in [3.63, 3.8) is 0 Å². The zero-order valence-electron chi connectivity index (χ0n) is 11.1. The molecule has 2 aromatic rings. The molecule has 0 fully saturated rings. The molecule has 2 rings (SSSR count). The van der Waals surface area contributed by atoms with Crippen LogP contribution < -0.4 is 4.72 Å². The quantitative estimate of drug-likeness (QED) is 0.773. The molecule has 7 nitrogen and oxygen atoms in total. The highest BCUT2D eigenvalue weighted by Crippen LogP contribution is 2.18. The first-order valence-corrected chi connectivity index (χ1v) is 7.47. The van der Waals surface area contributed by atoms with Crippen LogP contribution in [0.15, 0.2) is 53.4 Å². The van der Waals surface area contributed by atoms with E-state index in [1.807, 2.05) is 0 Å². The lowest BCUT2D eigenvalue weighted by Crippen LogP contribution is -2.14. The Labute approximate surface area is 125 Å². The number of hydrogen-bond donors (Lipinski definition) is 3. The molecule has 114 valence electrons. The van der Waals surface area contributed by atoms with Gasteiger partial charge in [-0.3, -0.25) is 4.72 Å². The molecule has 3 N–H and O–H groups in total. The molecule has 0 spiro atoms. The average Bonchev–Trinajstić information content (AvgIpc) is 2.47. The maximum Gasteiger partial charge on any atom is 0.335 e. The van der Waals surface area contributed by atoms with E-state index >= 15 is 0 Å². The number of rotatable bonds is 5. The van der Waals surface area contributed by atoms with E-state index < -0.39 is 22.0 Å². The largest absolute Gasteiger partial charge is 0.478 e. The summed E-state index contributed by atoms with van der Waals surface area (Å²) in [5, 5.41) is 17.8. The fourth-order valence-electron chi connectivity index (χ4n) is 1.73. The SMILES string of the molecule is O=C(O)c1cccc(NS(=O)(=O)c2cccc(C(=O)O)c2)c1. The maximum absolute atomic E-state index is 12.2. The van der Waals surface area contributed by atoms with Crippen molar-refractivity contribution in [2.45, 2.75) is 4.90 Å². The van der Waals surface area contributed by atoms with E-state index in [-0.39, 0.29) is 21.7 Å². The number of hydrogen-bond acceptors (Lipinski definition) is 4. The molecule has 0 saturated heterocycles. The van der Waals surface area contributed by atoms with Crippen LogP contribution in [0.4, 0.5) is 5.69 Å². The molecule has 0 heterocycles. The molecule has 22 heavy (non-hydrogen) atoms. The molecule has 0 aliphatic carbocycles. The van der Waals surface area contributed by atoms with Crippen molar-refractivity contribution in [2.24, 2.45) is 0 Å². The molecule has 2 aromatic carbocycles. The van der Waals surface area contributed by atoms with Crippen LogP contribution in [0.1, 0.15) is 20.7 Å². The van der Waals surface area contributed by atoms with E-state index in [1.54, 1.807) is 0 Å². The van der Waals surface area contributed by atoms with Crippen molar-refractivity contribution < 1.29 is 28.2 Å². The van der Waals surface area contributed by atoms with Gasteiger partial charge < -0.3 is 10.2 Å². The Morgan fingerprint density at radius 1 is 0.864 bits per heavy atom. The summed E-state index contributed by atoms with van der Waals surface area (Å²) in [6.07, 6.45) is 0. The molecule has 0 unspecified atom stereocenters. The minimum atomic E-state index is -4.02. The number of aromatic carboxylic acids is 2. The Hall–Kier alpha value is -2.87. The predicted octanol–water partition coefficient (Wildman–Crippen LogP) is 1.88. The Morgan fingerprint density at radius 2 is 1.41 bits per heavy atom. The molecular formula is C14H11NO6S. The van der Waals surface area contributed by atoms with Crippen LogP contribution in [-0.2, 0) is 10.0 Å². The van der Waals surface area contributed by atoms with Crippen molar-refractivity contribution in [1.29, 1.82) is 0 Å². The van der Waals surface area contributed by atoms with Crippen LogP contribution in [0.2, 0.25) is 0 Å². The number of nitrogens with one attached hydrogen (secondary N) is 1. The van der Waals surface area contributed by atoms with Gasteiger partial charge in [0.15, 0.2) is 0 Å². The van der Waals surface area contributed by atoms with E-state index in [0.717, 1.165) is 6.07 Å². The predicted molar refractivity (Wildman–Crippen MR) is 77.6 cm³/mol. The summed E-state index contributed by atoms with van der Waals surface area (Å²) in [4.78, 5) is 21.5. The summed E-state index contributed by atoms with van der Waals surface area (Å²) in [6, 6.07) is 10.1. The summed E-state index contributed by atoms with van der Waals surface area (Å²) in [5.74, 6) is -2.43. The molecule has 0 aliphatic rings. The topological polar surface area (TPSA) is 121 Å². The van der Waals surface area contributed by atoms with Gasteiger partial charge in [0, 0.05) is 5.69 Å². The second-order valence-corrected chi connectivity index (χ2v) is 6.01. The van der Waals surface area contributed by atoms with Crippen LogP contribution in [0.5, 0.6) is 0 Å². The third kappa shape index (κ3) is 3.41. The first kappa shape index (κ1) is 15.5. The minimum Gasteiger partial charge on any atom is -0.478 e. The number of carboxylic acids is 2. The average molecular weight is 321 g/mol. The van der Waals surface area contributed by atoms with E-state index in [4.69, 9.17) is 10.2 Å². The molecule has 0 radical (unpaired) electrons. The van der Waals surface area contributed by atoms with E-state index in [9.17, 15) is 18.0 Å². The lowest BCUT2D eigenvalue weighted by Gasteiger charge is -2.09. The normalized spacial score (nSPS) is 10.9. The van der Waals surface area contributed by atoms with Crippen LogP contribution in [0.3, 0.4) is 0 Å². The summed E-state index contributed by atoms with van der Waals surface area (Å²) < 4.78 is 26.6. The molecule has 8 heteroatoms. The number of anilines is 1. The zero-order valence-corrected chi connectivity index (χ0v) is 11.9.